The summed E-state index contributed by atoms with van der Waals surface area (Å²) in [5, 5.41) is 8.00. The lowest BCUT2D eigenvalue weighted by molar-refractivity contribution is 0.0979. The summed E-state index contributed by atoms with van der Waals surface area (Å²) in [5.74, 6) is 0. The first-order chi connectivity index (χ1) is 9.65. The van der Waals surface area contributed by atoms with Gasteiger partial charge in [-0.25, -0.2) is 0 Å². The zero-order valence-electron chi connectivity index (χ0n) is 13.0. The van der Waals surface area contributed by atoms with Gasteiger partial charge in [-0.2, -0.15) is 5.10 Å². The highest BCUT2D eigenvalue weighted by molar-refractivity contribution is 5.24. The fourth-order valence-corrected chi connectivity index (χ4v) is 3.51. The Hall–Kier alpha value is -0.910. The van der Waals surface area contributed by atoms with Crippen LogP contribution < -0.4 is 5.32 Å². The third kappa shape index (κ3) is 2.75. The van der Waals surface area contributed by atoms with E-state index in [-0.39, 0.29) is 0 Å². The van der Waals surface area contributed by atoms with Crippen molar-refractivity contribution in [3.8, 4) is 0 Å². The van der Waals surface area contributed by atoms with Gasteiger partial charge in [0, 0.05) is 63.6 Å². The smallest absolute Gasteiger partial charge is 0.0641 e. The molecule has 5 nitrogen and oxygen atoms in total. The molecule has 0 radical (unpaired) electrons. The largest absolute Gasteiger partial charge is 0.315 e. The molecule has 3 heterocycles. The Morgan fingerprint density at radius 3 is 2.50 bits per heavy atom. The molecule has 1 unspecified atom stereocenters. The normalized spacial score (nSPS) is 25.4. The van der Waals surface area contributed by atoms with Crippen LogP contribution in [-0.2, 0) is 13.6 Å². The van der Waals surface area contributed by atoms with E-state index in [9.17, 15) is 0 Å². The van der Waals surface area contributed by atoms with Crippen LogP contribution >= 0.6 is 0 Å². The minimum absolute atomic E-state index is 0.777. The predicted molar refractivity (Wildman–Crippen MR) is 80.8 cm³/mol. The minimum Gasteiger partial charge on any atom is -0.315 e. The lowest BCUT2D eigenvalue weighted by Gasteiger charge is -2.37. The molecule has 20 heavy (non-hydrogen) atoms. The maximum absolute atomic E-state index is 4.53. The first-order valence-corrected chi connectivity index (χ1v) is 7.81. The highest BCUT2D eigenvalue weighted by atomic mass is 15.3. The lowest BCUT2D eigenvalue weighted by Crippen LogP contribution is -2.50. The molecule has 0 aromatic carbocycles. The fraction of sp³-hybridized carbons (Fsp3) is 0.800. The molecule has 112 valence electrons. The van der Waals surface area contributed by atoms with E-state index in [1.165, 1.54) is 62.6 Å². The molecule has 2 saturated heterocycles. The molecule has 1 atom stereocenters. The molecule has 1 aromatic heterocycles. The van der Waals surface area contributed by atoms with Crippen molar-refractivity contribution >= 4 is 0 Å². The van der Waals surface area contributed by atoms with Gasteiger partial charge in [-0.1, -0.05) is 0 Å². The van der Waals surface area contributed by atoms with Crippen LogP contribution in [0, 0.1) is 13.8 Å². The molecule has 2 aliphatic heterocycles. The summed E-state index contributed by atoms with van der Waals surface area (Å²) in [4.78, 5) is 5.25. The first kappa shape index (κ1) is 14.0. The van der Waals surface area contributed by atoms with Crippen LogP contribution in [-0.4, -0.2) is 64.9 Å². The Labute approximate surface area is 121 Å². The summed E-state index contributed by atoms with van der Waals surface area (Å²) in [6.45, 7) is 12.5. The van der Waals surface area contributed by atoms with Crippen LogP contribution in [0.1, 0.15) is 23.4 Å². The molecule has 0 aliphatic carbocycles. The van der Waals surface area contributed by atoms with E-state index in [0.717, 1.165) is 12.6 Å². The van der Waals surface area contributed by atoms with Gasteiger partial charge in [0.1, 0.15) is 0 Å². The van der Waals surface area contributed by atoms with Crippen molar-refractivity contribution in [3.05, 3.63) is 17.0 Å². The van der Waals surface area contributed by atoms with E-state index in [4.69, 9.17) is 0 Å². The molecule has 2 fully saturated rings. The Morgan fingerprint density at radius 2 is 1.95 bits per heavy atom. The second-order valence-corrected chi connectivity index (χ2v) is 6.23. The topological polar surface area (TPSA) is 36.3 Å². The first-order valence-electron chi connectivity index (χ1n) is 7.81. The molecular weight excluding hydrogens is 250 g/mol. The SMILES string of the molecule is Cc1nn(C)c(C)c1CN1CCN(C2CCNC2)CC1. The van der Waals surface area contributed by atoms with Gasteiger partial charge >= 0.3 is 0 Å². The van der Waals surface area contributed by atoms with Crippen LogP contribution in [0.25, 0.3) is 0 Å². The monoisotopic (exact) mass is 277 g/mol. The van der Waals surface area contributed by atoms with Crippen LogP contribution in [0.15, 0.2) is 0 Å². The van der Waals surface area contributed by atoms with Crippen molar-refractivity contribution in [1.82, 2.24) is 24.9 Å². The van der Waals surface area contributed by atoms with E-state index < -0.39 is 0 Å². The van der Waals surface area contributed by atoms with Crippen molar-refractivity contribution in [2.75, 3.05) is 39.3 Å². The second-order valence-electron chi connectivity index (χ2n) is 6.23. The summed E-state index contributed by atoms with van der Waals surface area (Å²) in [6.07, 6.45) is 1.32. The Morgan fingerprint density at radius 1 is 1.20 bits per heavy atom. The fourth-order valence-electron chi connectivity index (χ4n) is 3.51. The molecule has 2 aliphatic rings. The lowest BCUT2D eigenvalue weighted by atomic mass is 10.1. The number of hydrogen-bond acceptors (Lipinski definition) is 4. The summed E-state index contributed by atoms with van der Waals surface area (Å²) < 4.78 is 2.01. The number of piperazine rings is 1. The van der Waals surface area contributed by atoms with Gasteiger partial charge in [-0.3, -0.25) is 14.5 Å². The van der Waals surface area contributed by atoms with Gasteiger partial charge in [-0.15, -0.1) is 0 Å². The number of hydrogen-bond donors (Lipinski definition) is 1. The zero-order valence-corrected chi connectivity index (χ0v) is 13.0. The standard InChI is InChI=1S/C15H27N5/c1-12-15(13(2)18(3)17-12)11-19-6-8-20(9-7-19)14-4-5-16-10-14/h14,16H,4-11H2,1-3H3. The number of nitrogens with zero attached hydrogens (tertiary/aromatic N) is 4. The highest BCUT2D eigenvalue weighted by Gasteiger charge is 2.26. The molecule has 5 heteroatoms. The quantitative estimate of drug-likeness (QED) is 0.874. The van der Waals surface area contributed by atoms with E-state index in [2.05, 4.69) is 34.1 Å². The van der Waals surface area contributed by atoms with Gasteiger partial charge < -0.3 is 5.32 Å². The van der Waals surface area contributed by atoms with Gasteiger partial charge in [0.05, 0.1) is 5.69 Å². The van der Waals surface area contributed by atoms with Gasteiger partial charge in [-0.05, 0) is 26.8 Å². The summed E-state index contributed by atoms with van der Waals surface area (Å²) in [7, 11) is 2.04. The third-order valence-corrected chi connectivity index (χ3v) is 5.00. The van der Waals surface area contributed by atoms with Crippen LogP contribution in [0.2, 0.25) is 0 Å². The Bertz CT molecular complexity index is 453. The van der Waals surface area contributed by atoms with Crippen molar-refractivity contribution in [2.24, 2.45) is 7.05 Å². The predicted octanol–water partition coefficient (Wildman–Crippen LogP) is 0.516. The Kier molecular flexibility index (Phi) is 4.10. The van der Waals surface area contributed by atoms with Crippen molar-refractivity contribution in [2.45, 2.75) is 32.9 Å². The van der Waals surface area contributed by atoms with E-state index in [1.807, 2.05) is 11.7 Å². The number of rotatable bonds is 3. The van der Waals surface area contributed by atoms with Crippen molar-refractivity contribution < 1.29 is 0 Å². The highest BCUT2D eigenvalue weighted by Crippen LogP contribution is 2.17. The molecule has 3 rings (SSSR count). The molecular formula is C15H27N5. The molecule has 0 spiro atoms. The number of aromatic nitrogens is 2. The second kappa shape index (κ2) is 5.84. The van der Waals surface area contributed by atoms with Crippen molar-refractivity contribution in [3.63, 3.8) is 0 Å². The average molecular weight is 277 g/mol. The minimum atomic E-state index is 0.777. The molecule has 0 saturated carbocycles. The maximum Gasteiger partial charge on any atom is 0.0641 e. The van der Waals surface area contributed by atoms with E-state index >= 15 is 0 Å². The molecule has 0 bridgehead atoms. The zero-order chi connectivity index (χ0) is 14.1. The van der Waals surface area contributed by atoms with Gasteiger partial charge in [0.25, 0.3) is 0 Å². The van der Waals surface area contributed by atoms with Crippen molar-refractivity contribution in [1.29, 1.82) is 0 Å². The van der Waals surface area contributed by atoms with Crippen LogP contribution in [0.3, 0.4) is 0 Å². The van der Waals surface area contributed by atoms with Gasteiger partial charge in [0.2, 0.25) is 0 Å². The average Bonchev–Trinajstić information content (AvgIpc) is 3.05. The van der Waals surface area contributed by atoms with E-state index in [1.54, 1.807) is 0 Å². The molecule has 1 aromatic rings. The summed E-state index contributed by atoms with van der Waals surface area (Å²) >= 11 is 0. The Balaban J connectivity index is 1.55. The summed E-state index contributed by atoms with van der Waals surface area (Å²) in [6, 6.07) is 0.777. The number of aryl methyl sites for hydroxylation is 2. The van der Waals surface area contributed by atoms with Crippen LogP contribution in [0.4, 0.5) is 0 Å². The van der Waals surface area contributed by atoms with Crippen LogP contribution in [0.5, 0.6) is 0 Å². The molecule has 1 N–H and O–H groups in total. The maximum atomic E-state index is 4.53. The molecule has 0 amide bonds. The van der Waals surface area contributed by atoms with Gasteiger partial charge in [0.15, 0.2) is 0 Å². The number of nitrogens with one attached hydrogen (secondary N) is 1. The van der Waals surface area contributed by atoms with E-state index in [0.29, 0.717) is 0 Å². The third-order valence-electron chi connectivity index (χ3n) is 5.00. The summed E-state index contributed by atoms with van der Waals surface area (Å²) in [5.41, 5.74) is 3.92.